The van der Waals surface area contributed by atoms with Crippen molar-refractivity contribution in [2.45, 2.75) is 75.9 Å². The molecule has 2 aliphatic carbocycles. The number of fused-ring (bicyclic) bond motifs is 6. The van der Waals surface area contributed by atoms with Gasteiger partial charge in [0.05, 0.1) is 5.35 Å². The van der Waals surface area contributed by atoms with E-state index in [1.165, 1.54) is 38.6 Å². The second-order valence-electron chi connectivity index (χ2n) is 10.1. The number of hydrogen-bond donors (Lipinski definition) is 1. The molecule has 1 aromatic heterocycles. The van der Waals surface area contributed by atoms with E-state index < -0.39 is 0 Å². The number of rotatable bonds is 5. The van der Waals surface area contributed by atoms with Crippen molar-refractivity contribution in [3.63, 3.8) is 0 Å². The molecule has 32 heavy (non-hydrogen) atoms. The van der Waals surface area contributed by atoms with E-state index >= 15 is 0 Å². The van der Waals surface area contributed by atoms with Gasteiger partial charge in [-0.05, 0) is 92.7 Å². The number of hydrogen-bond acceptors (Lipinski definition) is 3. The summed E-state index contributed by atoms with van der Waals surface area (Å²) in [5.41, 5.74) is 4.04. The Bertz CT molecular complexity index is 1100. The molecule has 166 valence electrons. The maximum atomic E-state index is 13.0. The number of carbonyl (C=O) groups excluding carboxylic acids is 1. The van der Waals surface area contributed by atoms with E-state index in [1.807, 2.05) is 6.07 Å². The standard InChI is InChI=1S/C28H33N3O/c32-28(24-9-3-5-20-6-4-17-29-27(20)24)30-21-12-10-19(11-13-21)16-18-31-25-14-15-26(31)23-8-2-1-7-22(23)25/h1-2,4-8,17,19,21,25-26H,3,9-16,18H2,(H,30,32)/t19-,21-,25-,26+. The molecule has 1 amide bonds. The van der Waals surface area contributed by atoms with Gasteiger partial charge in [0.15, 0.2) is 0 Å². The molecule has 2 aliphatic heterocycles. The summed E-state index contributed by atoms with van der Waals surface area (Å²) in [6, 6.07) is 14.7. The molecule has 1 N–H and O–H groups in total. The highest BCUT2D eigenvalue weighted by Crippen LogP contribution is 2.53. The molecule has 0 unspecified atom stereocenters. The number of carbonyl (C=O) groups is 1. The summed E-state index contributed by atoms with van der Waals surface area (Å²) < 4.78 is 0. The van der Waals surface area contributed by atoms with Crippen LogP contribution in [0.5, 0.6) is 0 Å². The quantitative estimate of drug-likeness (QED) is 0.790. The summed E-state index contributed by atoms with van der Waals surface area (Å²) in [6.45, 7) is 1.22. The van der Waals surface area contributed by atoms with E-state index in [4.69, 9.17) is 0 Å². The van der Waals surface area contributed by atoms with Crippen LogP contribution in [0.4, 0.5) is 0 Å². The molecule has 4 nitrogen and oxygen atoms in total. The van der Waals surface area contributed by atoms with E-state index in [0.717, 1.165) is 47.7 Å². The minimum atomic E-state index is 0.105. The van der Waals surface area contributed by atoms with Crippen molar-refractivity contribution < 1.29 is 4.79 Å². The van der Waals surface area contributed by atoms with E-state index in [2.05, 4.69) is 51.6 Å². The number of pyridine rings is 1. The zero-order valence-electron chi connectivity index (χ0n) is 18.8. The summed E-state index contributed by atoms with van der Waals surface area (Å²) in [5.74, 6) is 0.901. The molecular weight excluding hydrogens is 394 g/mol. The van der Waals surface area contributed by atoms with Crippen LogP contribution in [0.25, 0.3) is 11.6 Å². The van der Waals surface area contributed by atoms with Gasteiger partial charge in [-0.25, -0.2) is 0 Å². The summed E-state index contributed by atoms with van der Waals surface area (Å²) in [7, 11) is 0. The van der Waals surface area contributed by atoms with Gasteiger partial charge in [0, 0.05) is 29.9 Å². The lowest BCUT2D eigenvalue weighted by atomic mass is 9.83. The largest absolute Gasteiger partial charge is 0.350 e. The van der Waals surface area contributed by atoms with Crippen molar-refractivity contribution in [3.05, 3.63) is 64.3 Å². The number of aromatic nitrogens is 1. The first-order valence-electron chi connectivity index (χ1n) is 12.6. The first-order chi connectivity index (χ1) is 15.8. The molecule has 4 heteroatoms. The SMILES string of the molecule is O=C(N[C@H]1CC[C@H](CCN2[C@@H]3CC[C@H]2c2ccccc23)CC1)C1=c2ncccc2=CCC1. The molecule has 2 bridgehead atoms. The lowest BCUT2D eigenvalue weighted by Gasteiger charge is -2.31. The fourth-order valence-corrected chi connectivity index (χ4v) is 6.71. The molecule has 1 saturated heterocycles. The molecule has 4 aliphatic rings. The van der Waals surface area contributed by atoms with E-state index in [0.29, 0.717) is 18.1 Å². The van der Waals surface area contributed by atoms with Crippen molar-refractivity contribution in [2.24, 2.45) is 5.92 Å². The van der Waals surface area contributed by atoms with E-state index in [9.17, 15) is 4.79 Å². The summed E-state index contributed by atoms with van der Waals surface area (Å²) in [4.78, 5) is 20.3. The number of amides is 1. The smallest absolute Gasteiger partial charge is 0.249 e. The maximum Gasteiger partial charge on any atom is 0.249 e. The van der Waals surface area contributed by atoms with Crippen LogP contribution >= 0.6 is 0 Å². The zero-order valence-corrected chi connectivity index (χ0v) is 18.8. The van der Waals surface area contributed by atoms with Crippen LogP contribution in [0, 0.1) is 5.92 Å². The van der Waals surface area contributed by atoms with Crippen molar-refractivity contribution in [1.29, 1.82) is 0 Å². The molecule has 0 spiro atoms. The lowest BCUT2D eigenvalue weighted by molar-refractivity contribution is -0.116. The Morgan fingerprint density at radius 1 is 0.969 bits per heavy atom. The predicted octanol–water partition coefficient (Wildman–Crippen LogP) is 3.76. The third-order valence-corrected chi connectivity index (χ3v) is 8.36. The predicted molar refractivity (Wildman–Crippen MR) is 127 cm³/mol. The normalized spacial score (nSPS) is 28.7. The average Bonchev–Trinajstić information content (AvgIpc) is 3.39. The first kappa shape index (κ1) is 20.2. The van der Waals surface area contributed by atoms with Crippen LogP contribution in [-0.2, 0) is 4.79 Å². The van der Waals surface area contributed by atoms with E-state index in [1.54, 1.807) is 17.3 Å². The first-order valence-corrected chi connectivity index (χ1v) is 12.6. The third kappa shape index (κ3) is 3.59. The van der Waals surface area contributed by atoms with Gasteiger partial charge in [0.1, 0.15) is 0 Å². The lowest BCUT2D eigenvalue weighted by Crippen LogP contribution is -2.43. The van der Waals surface area contributed by atoms with Crippen molar-refractivity contribution in [1.82, 2.24) is 15.2 Å². The van der Waals surface area contributed by atoms with Crippen LogP contribution in [0.15, 0.2) is 42.6 Å². The van der Waals surface area contributed by atoms with Crippen molar-refractivity contribution in [3.8, 4) is 0 Å². The van der Waals surface area contributed by atoms with Gasteiger partial charge in [-0.3, -0.25) is 14.7 Å². The Balaban J connectivity index is 1.02. The third-order valence-electron chi connectivity index (χ3n) is 8.36. The monoisotopic (exact) mass is 427 g/mol. The van der Waals surface area contributed by atoms with Gasteiger partial charge in [-0.1, -0.05) is 36.4 Å². The van der Waals surface area contributed by atoms with Crippen LogP contribution < -0.4 is 15.9 Å². The number of nitrogens with one attached hydrogen (secondary N) is 1. The van der Waals surface area contributed by atoms with Crippen LogP contribution in [-0.4, -0.2) is 28.4 Å². The molecule has 0 radical (unpaired) electrons. The molecule has 2 fully saturated rings. The Labute approximate surface area is 190 Å². The second kappa shape index (κ2) is 8.47. The number of benzene rings is 1. The van der Waals surface area contributed by atoms with Gasteiger partial charge < -0.3 is 5.32 Å². The highest BCUT2D eigenvalue weighted by atomic mass is 16.1. The highest BCUT2D eigenvalue weighted by Gasteiger charge is 2.43. The molecule has 1 aromatic carbocycles. The van der Waals surface area contributed by atoms with Crippen molar-refractivity contribution >= 4 is 17.6 Å². The second-order valence-corrected chi connectivity index (χ2v) is 10.1. The van der Waals surface area contributed by atoms with Gasteiger partial charge in [0.2, 0.25) is 5.91 Å². The Kier molecular flexibility index (Phi) is 5.34. The van der Waals surface area contributed by atoms with Gasteiger partial charge in [0.25, 0.3) is 0 Å². The topological polar surface area (TPSA) is 45.2 Å². The Morgan fingerprint density at radius 3 is 2.47 bits per heavy atom. The van der Waals surface area contributed by atoms with Crippen LogP contribution in [0.3, 0.4) is 0 Å². The molecule has 2 atom stereocenters. The molecule has 6 rings (SSSR count). The fourth-order valence-electron chi connectivity index (χ4n) is 6.71. The van der Waals surface area contributed by atoms with E-state index in [-0.39, 0.29) is 5.91 Å². The maximum absolute atomic E-state index is 13.0. The Morgan fingerprint density at radius 2 is 1.72 bits per heavy atom. The van der Waals surface area contributed by atoms with Crippen molar-refractivity contribution in [2.75, 3.05) is 6.54 Å². The average molecular weight is 428 g/mol. The van der Waals surface area contributed by atoms with Gasteiger partial charge in [-0.2, -0.15) is 0 Å². The highest BCUT2D eigenvalue weighted by molar-refractivity contribution is 6.13. The molecule has 2 aromatic rings. The summed E-state index contributed by atoms with van der Waals surface area (Å²) in [5, 5.41) is 5.33. The van der Waals surface area contributed by atoms with Crippen LogP contribution in [0.2, 0.25) is 0 Å². The zero-order chi connectivity index (χ0) is 21.5. The van der Waals surface area contributed by atoms with Gasteiger partial charge >= 0.3 is 0 Å². The molecule has 3 heterocycles. The summed E-state index contributed by atoms with van der Waals surface area (Å²) >= 11 is 0. The summed E-state index contributed by atoms with van der Waals surface area (Å²) in [6.07, 6.45) is 14.4. The minimum absolute atomic E-state index is 0.105. The fraction of sp³-hybridized carbons (Fsp3) is 0.500. The molecule has 1 saturated carbocycles. The van der Waals surface area contributed by atoms with Crippen LogP contribution in [0.1, 0.15) is 81.0 Å². The Hall–Kier alpha value is -2.46. The van der Waals surface area contributed by atoms with Gasteiger partial charge in [-0.15, -0.1) is 0 Å². The minimum Gasteiger partial charge on any atom is -0.350 e. The molecular formula is C28H33N3O. The number of nitrogens with zero attached hydrogens (tertiary/aromatic N) is 2.